The van der Waals surface area contributed by atoms with Crippen LogP contribution in [0.5, 0.6) is 0 Å². The van der Waals surface area contributed by atoms with E-state index in [0.29, 0.717) is 17.9 Å². The first-order chi connectivity index (χ1) is 15.4. The summed E-state index contributed by atoms with van der Waals surface area (Å²) in [4.78, 5) is 29.8. The minimum Gasteiger partial charge on any atom is -0.350 e. The van der Waals surface area contributed by atoms with Gasteiger partial charge in [-0.3, -0.25) is 14.5 Å². The number of fused-ring (bicyclic) bond motifs is 3. The Kier molecular flexibility index (Phi) is 4.86. The molecule has 2 amide bonds. The highest BCUT2D eigenvalue weighted by atomic mass is 32.1. The number of benzene rings is 2. The van der Waals surface area contributed by atoms with Crippen molar-refractivity contribution in [1.29, 1.82) is 0 Å². The van der Waals surface area contributed by atoms with Crippen LogP contribution in [0.15, 0.2) is 66.0 Å². The van der Waals surface area contributed by atoms with E-state index in [1.807, 2.05) is 53.3 Å². The van der Waals surface area contributed by atoms with Crippen LogP contribution in [0.4, 0.5) is 10.1 Å². The molecular formula is C25H22FN3O2S. The van der Waals surface area contributed by atoms with Gasteiger partial charge in [-0.15, -0.1) is 11.3 Å². The summed E-state index contributed by atoms with van der Waals surface area (Å²) in [5.74, 6) is -0.793. The third-order valence-corrected chi connectivity index (χ3v) is 6.98. The number of amides is 2. The number of carbonyl (C=O) groups excluding carboxylic acids is 2. The molecule has 1 unspecified atom stereocenters. The number of rotatable bonds is 4. The lowest BCUT2D eigenvalue weighted by Gasteiger charge is -2.44. The molecule has 3 heterocycles. The summed E-state index contributed by atoms with van der Waals surface area (Å²) in [7, 11) is 0. The molecule has 0 radical (unpaired) electrons. The van der Waals surface area contributed by atoms with Gasteiger partial charge in [0, 0.05) is 17.6 Å². The van der Waals surface area contributed by atoms with E-state index >= 15 is 0 Å². The fraction of sp³-hybridized carbons (Fsp3) is 0.200. The smallest absolute Gasteiger partial charge is 0.275 e. The zero-order chi connectivity index (χ0) is 22.5. The van der Waals surface area contributed by atoms with Gasteiger partial charge in [-0.05, 0) is 61.2 Å². The van der Waals surface area contributed by atoms with E-state index in [1.54, 1.807) is 35.3 Å². The lowest BCUT2D eigenvalue weighted by Crippen LogP contribution is -2.64. The maximum Gasteiger partial charge on any atom is 0.275 e. The number of halogens is 1. The molecule has 1 atom stereocenters. The second-order valence-electron chi connectivity index (χ2n) is 8.36. The number of carbonyl (C=O) groups is 2. The van der Waals surface area contributed by atoms with Crippen LogP contribution in [0.3, 0.4) is 0 Å². The van der Waals surface area contributed by atoms with Gasteiger partial charge in [0.15, 0.2) is 0 Å². The lowest BCUT2D eigenvalue weighted by atomic mass is 9.93. The maximum absolute atomic E-state index is 13.7. The van der Waals surface area contributed by atoms with Crippen molar-refractivity contribution >= 4 is 39.1 Å². The van der Waals surface area contributed by atoms with Gasteiger partial charge >= 0.3 is 0 Å². The minimum absolute atomic E-state index is 0.206. The summed E-state index contributed by atoms with van der Waals surface area (Å²) in [5, 5.41) is 5.95. The number of aromatic nitrogens is 1. The van der Waals surface area contributed by atoms with Crippen LogP contribution in [0.1, 0.15) is 28.5 Å². The Hall–Kier alpha value is -3.45. The first-order valence-corrected chi connectivity index (χ1v) is 11.3. The highest BCUT2D eigenvalue weighted by Crippen LogP contribution is 2.37. The zero-order valence-electron chi connectivity index (χ0n) is 17.8. The van der Waals surface area contributed by atoms with Gasteiger partial charge in [-0.2, -0.15) is 0 Å². The van der Waals surface area contributed by atoms with E-state index in [4.69, 9.17) is 0 Å². The number of hydrogen-bond donors (Lipinski definition) is 1. The topological polar surface area (TPSA) is 54.3 Å². The maximum atomic E-state index is 13.7. The van der Waals surface area contributed by atoms with Crippen molar-refractivity contribution < 1.29 is 14.0 Å². The van der Waals surface area contributed by atoms with E-state index < -0.39 is 5.54 Å². The SMILES string of the molecule is Cc1ccc(N2C(=O)c3cc4ccsc4n3CC2(C)C(=O)NCc2ccc(F)cc2)cc1. The minimum atomic E-state index is -1.14. The number of thiophene rings is 1. The molecule has 0 fully saturated rings. The van der Waals surface area contributed by atoms with Crippen molar-refractivity contribution in [2.75, 3.05) is 4.90 Å². The first kappa shape index (κ1) is 20.5. The van der Waals surface area contributed by atoms with E-state index in [9.17, 15) is 14.0 Å². The quantitative estimate of drug-likeness (QED) is 0.485. The molecule has 7 heteroatoms. The van der Waals surface area contributed by atoms with Crippen molar-refractivity contribution in [3.05, 3.63) is 88.7 Å². The molecule has 0 saturated heterocycles. The Labute approximate surface area is 189 Å². The van der Waals surface area contributed by atoms with Gasteiger partial charge < -0.3 is 9.88 Å². The number of anilines is 1. The highest BCUT2D eigenvalue weighted by Gasteiger charge is 2.48. The average Bonchev–Trinajstić information content (AvgIpc) is 3.37. The molecule has 5 nitrogen and oxygen atoms in total. The van der Waals surface area contributed by atoms with Crippen LogP contribution < -0.4 is 10.2 Å². The fourth-order valence-electron chi connectivity index (χ4n) is 4.27. The predicted octanol–water partition coefficient (Wildman–Crippen LogP) is 4.89. The van der Waals surface area contributed by atoms with Crippen LogP contribution in [-0.2, 0) is 17.9 Å². The van der Waals surface area contributed by atoms with E-state index in [0.717, 1.165) is 21.3 Å². The molecular weight excluding hydrogens is 425 g/mol. The monoisotopic (exact) mass is 447 g/mol. The molecule has 0 spiro atoms. The number of hydrogen-bond acceptors (Lipinski definition) is 3. The van der Waals surface area contributed by atoms with Crippen molar-refractivity contribution in [2.45, 2.75) is 32.5 Å². The van der Waals surface area contributed by atoms with Gasteiger partial charge in [-0.25, -0.2) is 4.39 Å². The van der Waals surface area contributed by atoms with E-state index in [-0.39, 0.29) is 24.2 Å². The predicted molar refractivity (Wildman–Crippen MR) is 124 cm³/mol. The Morgan fingerprint density at radius 1 is 1.12 bits per heavy atom. The molecule has 0 bridgehead atoms. The Balaban J connectivity index is 1.55. The van der Waals surface area contributed by atoms with Crippen LogP contribution in [-0.4, -0.2) is 21.9 Å². The second kappa shape index (κ2) is 7.60. The molecule has 1 N–H and O–H groups in total. The summed E-state index contributed by atoms with van der Waals surface area (Å²) >= 11 is 1.56. The molecule has 0 aliphatic carbocycles. The Morgan fingerprint density at radius 2 is 1.84 bits per heavy atom. The van der Waals surface area contributed by atoms with Crippen LogP contribution in [0.2, 0.25) is 0 Å². The molecule has 162 valence electrons. The number of aryl methyl sites for hydroxylation is 1. The van der Waals surface area contributed by atoms with Gasteiger partial charge in [0.25, 0.3) is 5.91 Å². The van der Waals surface area contributed by atoms with Gasteiger partial charge in [0.05, 0.1) is 6.54 Å². The number of nitrogens with zero attached hydrogens (tertiary/aromatic N) is 2. The second-order valence-corrected chi connectivity index (χ2v) is 9.25. The van der Waals surface area contributed by atoms with Gasteiger partial charge in [0.1, 0.15) is 21.9 Å². The van der Waals surface area contributed by atoms with Crippen LogP contribution in [0.25, 0.3) is 10.2 Å². The molecule has 5 rings (SSSR count). The largest absolute Gasteiger partial charge is 0.350 e. The Morgan fingerprint density at radius 3 is 2.56 bits per heavy atom. The summed E-state index contributed by atoms with van der Waals surface area (Å²) in [5.41, 5.74) is 1.97. The van der Waals surface area contributed by atoms with Crippen LogP contribution >= 0.6 is 11.3 Å². The molecule has 32 heavy (non-hydrogen) atoms. The highest BCUT2D eigenvalue weighted by molar-refractivity contribution is 7.16. The van der Waals surface area contributed by atoms with E-state index in [1.165, 1.54) is 12.1 Å². The van der Waals surface area contributed by atoms with Crippen molar-refractivity contribution in [3.63, 3.8) is 0 Å². The molecule has 1 aliphatic rings. The normalized spacial score (nSPS) is 18.1. The molecule has 0 saturated carbocycles. The molecule has 2 aromatic carbocycles. The summed E-state index contributed by atoms with van der Waals surface area (Å²) < 4.78 is 15.2. The third kappa shape index (κ3) is 3.29. The van der Waals surface area contributed by atoms with E-state index in [2.05, 4.69) is 5.32 Å². The van der Waals surface area contributed by atoms with Crippen molar-refractivity contribution in [3.8, 4) is 0 Å². The molecule has 2 aromatic heterocycles. The average molecular weight is 448 g/mol. The van der Waals surface area contributed by atoms with Crippen molar-refractivity contribution in [1.82, 2.24) is 9.88 Å². The van der Waals surface area contributed by atoms with Gasteiger partial charge in [0.2, 0.25) is 5.91 Å². The summed E-state index contributed by atoms with van der Waals surface area (Å²) in [6.45, 7) is 4.36. The zero-order valence-corrected chi connectivity index (χ0v) is 18.6. The molecule has 4 aromatic rings. The summed E-state index contributed by atoms with van der Waals surface area (Å²) in [6, 6.07) is 17.5. The molecule has 1 aliphatic heterocycles. The third-order valence-electron chi connectivity index (χ3n) is 6.03. The summed E-state index contributed by atoms with van der Waals surface area (Å²) in [6.07, 6.45) is 0. The van der Waals surface area contributed by atoms with Gasteiger partial charge in [-0.1, -0.05) is 29.8 Å². The fourth-order valence-corrected chi connectivity index (χ4v) is 5.17. The standard InChI is InChI=1S/C25H22FN3O2S/c1-16-3-9-20(10-4-16)29-22(30)21-13-18-11-12-32-23(18)28(21)15-25(29,2)24(31)27-14-17-5-7-19(26)8-6-17/h3-13H,14-15H2,1-2H3,(H,27,31). The number of nitrogens with one attached hydrogen (secondary N) is 1. The van der Waals surface area contributed by atoms with Crippen molar-refractivity contribution in [2.24, 2.45) is 0 Å². The lowest BCUT2D eigenvalue weighted by molar-refractivity contribution is -0.126. The van der Waals surface area contributed by atoms with Crippen LogP contribution in [0, 0.1) is 12.7 Å². The Bertz CT molecular complexity index is 1320. The first-order valence-electron chi connectivity index (χ1n) is 10.4.